The van der Waals surface area contributed by atoms with Crippen molar-refractivity contribution in [3.63, 3.8) is 0 Å². The quantitative estimate of drug-likeness (QED) is 0.502. The Hall–Kier alpha value is -1.47. The van der Waals surface area contributed by atoms with Crippen LogP contribution in [0.1, 0.15) is 56.0 Å². The van der Waals surface area contributed by atoms with E-state index in [-0.39, 0.29) is 12.1 Å². The molecule has 1 aliphatic carbocycles. The highest BCUT2D eigenvalue weighted by atomic mass is 16.5. The molecular weight excluding hydrogens is 394 g/mol. The van der Waals surface area contributed by atoms with Crippen LogP contribution in [0.4, 0.5) is 0 Å². The van der Waals surface area contributed by atoms with Crippen LogP contribution in [-0.4, -0.2) is 74.3 Å². The number of esters is 1. The Labute approximate surface area is 187 Å². The number of aliphatic hydroxyl groups is 1. The lowest BCUT2D eigenvalue weighted by Crippen LogP contribution is -2.58. The van der Waals surface area contributed by atoms with E-state index in [1.165, 1.54) is 13.5 Å². The van der Waals surface area contributed by atoms with Crippen LogP contribution in [-0.2, 0) is 20.8 Å². The Morgan fingerprint density at radius 2 is 1.90 bits per heavy atom. The number of rotatable bonds is 8. The summed E-state index contributed by atoms with van der Waals surface area (Å²) in [6.45, 7) is 11.9. The van der Waals surface area contributed by atoms with Crippen molar-refractivity contribution < 1.29 is 28.6 Å². The van der Waals surface area contributed by atoms with Gasteiger partial charge in [0.2, 0.25) is 0 Å². The molecule has 6 nitrogen and oxygen atoms in total. The molecule has 0 bridgehead atoms. The smallest absolute Gasteiger partial charge is 0.337 e. The average Bonchev–Trinajstić information content (AvgIpc) is 2.71. The fourth-order valence-electron chi connectivity index (χ4n) is 5.52. The second-order valence-electron chi connectivity index (χ2n) is 10.5. The van der Waals surface area contributed by atoms with E-state index in [1.54, 1.807) is 0 Å². The molecule has 3 rings (SSSR count). The zero-order chi connectivity index (χ0) is 22.5. The van der Waals surface area contributed by atoms with Crippen LogP contribution in [0.25, 0.3) is 0 Å². The van der Waals surface area contributed by atoms with Crippen LogP contribution in [0.15, 0.2) is 24.3 Å². The van der Waals surface area contributed by atoms with Gasteiger partial charge in [-0.15, -0.1) is 0 Å². The number of hydrogen-bond acceptors (Lipinski definition) is 5. The van der Waals surface area contributed by atoms with Crippen molar-refractivity contribution in [1.29, 1.82) is 0 Å². The molecule has 0 aromatic heterocycles. The second-order valence-corrected chi connectivity index (χ2v) is 10.5. The molecule has 1 aromatic carbocycles. The molecule has 1 saturated carbocycles. The van der Waals surface area contributed by atoms with Gasteiger partial charge in [-0.05, 0) is 42.7 Å². The molecule has 6 heteroatoms. The number of methoxy groups -OCH3 is 1. The van der Waals surface area contributed by atoms with Gasteiger partial charge in [0, 0.05) is 5.56 Å². The van der Waals surface area contributed by atoms with E-state index < -0.39 is 6.10 Å². The lowest BCUT2D eigenvalue weighted by atomic mass is 9.71. The van der Waals surface area contributed by atoms with Gasteiger partial charge in [-0.25, -0.2) is 4.79 Å². The van der Waals surface area contributed by atoms with Gasteiger partial charge in [0.1, 0.15) is 32.3 Å². The number of carbonyl (C=O) groups excluding carboxylic acids is 1. The SMILES string of the molecule is COC(=O)c1ccc(C[N+]2(C[C@H](O)CO[C@@H]3C[C@@H](C)CC(C)(C)C3)CCOCC2)cc1. The average molecular weight is 435 g/mol. The van der Waals surface area contributed by atoms with Gasteiger partial charge in [-0.1, -0.05) is 32.9 Å². The van der Waals surface area contributed by atoms with Gasteiger partial charge in [0.15, 0.2) is 0 Å². The van der Waals surface area contributed by atoms with E-state index in [2.05, 4.69) is 20.8 Å². The van der Waals surface area contributed by atoms with Crippen LogP contribution in [0, 0.1) is 11.3 Å². The number of carbonyl (C=O) groups is 1. The maximum Gasteiger partial charge on any atom is 0.337 e. The third-order valence-electron chi connectivity index (χ3n) is 6.78. The largest absolute Gasteiger partial charge is 0.465 e. The fourth-order valence-corrected chi connectivity index (χ4v) is 5.52. The number of morpholine rings is 1. The maximum absolute atomic E-state index is 11.7. The van der Waals surface area contributed by atoms with Gasteiger partial charge in [0.05, 0.1) is 38.6 Å². The summed E-state index contributed by atoms with van der Waals surface area (Å²) in [7, 11) is 1.39. The van der Waals surface area contributed by atoms with Crippen molar-refractivity contribution in [1.82, 2.24) is 0 Å². The molecule has 1 N–H and O–H groups in total. The molecule has 31 heavy (non-hydrogen) atoms. The van der Waals surface area contributed by atoms with E-state index >= 15 is 0 Å². The Morgan fingerprint density at radius 1 is 1.23 bits per heavy atom. The summed E-state index contributed by atoms with van der Waals surface area (Å²) < 4.78 is 17.4. The van der Waals surface area contributed by atoms with Crippen molar-refractivity contribution >= 4 is 5.97 Å². The number of benzene rings is 1. The molecular formula is C25H40NO5+. The monoisotopic (exact) mass is 434 g/mol. The van der Waals surface area contributed by atoms with E-state index in [1.807, 2.05) is 24.3 Å². The summed E-state index contributed by atoms with van der Waals surface area (Å²) in [5, 5.41) is 10.9. The Kier molecular flexibility index (Phi) is 8.14. The zero-order valence-corrected chi connectivity index (χ0v) is 19.6. The predicted molar refractivity (Wildman–Crippen MR) is 120 cm³/mol. The highest BCUT2D eigenvalue weighted by Gasteiger charge is 2.35. The Bertz CT molecular complexity index is 711. The van der Waals surface area contributed by atoms with Crippen molar-refractivity contribution in [2.45, 2.75) is 58.8 Å². The first kappa shape index (κ1) is 24.2. The molecule has 0 amide bonds. The molecule has 3 atom stereocenters. The molecule has 0 unspecified atom stereocenters. The van der Waals surface area contributed by atoms with Crippen molar-refractivity contribution in [2.75, 3.05) is 46.6 Å². The van der Waals surface area contributed by atoms with Gasteiger partial charge in [0.25, 0.3) is 0 Å². The summed E-state index contributed by atoms with van der Waals surface area (Å²) in [5.74, 6) is 0.339. The highest BCUT2D eigenvalue weighted by Crippen LogP contribution is 2.39. The molecule has 2 aliphatic rings. The minimum absolute atomic E-state index is 0.234. The topological polar surface area (TPSA) is 65.0 Å². The number of hydrogen-bond donors (Lipinski definition) is 1. The molecule has 0 spiro atoms. The summed E-state index contributed by atoms with van der Waals surface area (Å²) in [4.78, 5) is 11.7. The predicted octanol–water partition coefficient (Wildman–Crippen LogP) is 3.41. The van der Waals surface area contributed by atoms with Gasteiger partial charge in [-0.2, -0.15) is 0 Å². The van der Waals surface area contributed by atoms with Crippen LogP contribution in [0.2, 0.25) is 0 Å². The molecule has 1 saturated heterocycles. The molecule has 174 valence electrons. The van der Waals surface area contributed by atoms with E-state index in [0.717, 1.165) is 42.5 Å². The third-order valence-corrected chi connectivity index (χ3v) is 6.78. The summed E-state index contributed by atoms with van der Waals surface area (Å²) in [6.07, 6.45) is 3.11. The van der Waals surface area contributed by atoms with Crippen molar-refractivity contribution in [3.05, 3.63) is 35.4 Å². The third kappa shape index (κ3) is 7.01. The molecule has 0 radical (unpaired) electrons. The minimum Gasteiger partial charge on any atom is -0.465 e. The first-order chi connectivity index (χ1) is 14.7. The molecule has 1 heterocycles. The summed E-state index contributed by atoms with van der Waals surface area (Å²) in [5.41, 5.74) is 2.00. The van der Waals surface area contributed by atoms with Crippen LogP contribution in [0.3, 0.4) is 0 Å². The van der Waals surface area contributed by atoms with Gasteiger partial charge in [-0.3, -0.25) is 0 Å². The second kappa shape index (κ2) is 10.4. The first-order valence-electron chi connectivity index (χ1n) is 11.6. The Balaban J connectivity index is 1.59. The van der Waals surface area contributed by atoms with E-state index in [0.29, 0.717) is 43.3 Å². The van der Waals surface area contributed by atoms with Crippen molar-refractivity contribution in [3.8, 4) is 0 Å². The normalized spacial score (nSPS) is 26.2. The fraction of sp³-hybridized carbons (Fsp3) is 0.720. The van der Waals surface area contributed by atoms with E-state index in [4.69, 9.17) is 14.2 Å². The number of quaternary nitrogens is 1. The first-order valence-corrected chi connectivity index (χ1v) is 11.6. The van der Waals surface area contributed by atoms with E-state index in [9.17, 15) is 9.90 Å². The van der Waals surface area contributed by atoms with Crippen molar-refractivity contribution in [2.24, 2.45) is 11.3 Å². The standard InChI is InChI=1S/C25H40NO5/c1-19-13-23(15-25(2,3)14-19)31-18-22(27)17-26(9-11-30-12-10-26)16-20-5-7-21(8-6-20)24(28)29-4/h5-8,19,22-23,27H,9-18H2,1-4H3/q+1/t19-,22+,23-/m1/s1. The summed E-state index contributed by atoms with van der Waals surface area (Å²) in [6, 6.07) is 7.58. The molecule has 1 aliphatic heterocycles. The number of nitrogens with zero attached hydrogens (tertiary/aromatic N) is 1. The molecule has 2 fully saturated rings. The number of ether oxygens (including phenoxy) is 3. The van der Waals surface area contributed by atoms with Gasteiger partial charge < -0.3 is 23.8 Å². The van der Waals surface area contributed by atoms with Crippen LogP contribution < -0.4 is 0 Å². The molecule has 1 aromatic rings. The van der Waals surface area contributed by atoms with Crippen LogP contribution >= 0.6 is 0 Å². The minimum atomic E-state index is -0.507. The zero-order valence-electron chi connectivity index (χ0n) is 19.6. The Morgan fingerprint density at radius 3 is 2.52 bits per heavy atom. The maximum atomic E-state index is 11.7. The lowest BCUT2D eigenvalue weighted by molar-refractivity contribution is -0.950. The highest BCUT2D eigenvalue weighted by molar-refractivity contribution is 5.89. The summed E-state index contributed by atoms with van der Waals surface area (Å²) >= 11 is 0. The van der Waals surface area contributed by atoms with Gasteiger partial charge >= 0.3 is 5.97 Å². The lowest BCUT2D eigenvalue weighted by Gasteiger charge is -2.43. The van der Waals surface area contributed by atoms with Crippen LogP contribution in [0.5, 0.6) is 0 Å². The number of aliphatic hydroxyl groups excluding tert-OH is 1.